The highest BCUT2D eigenvalue weighted by Gasteiger charge is 2.17. The maximum atomic E-state index is 8.92. The normalized spacial score (nSPS) is 15.6. The van der Waals surface area contributed by atoms with Gasteiger partial charge in [0.2, 0.25) is 0 Å². The van der Waals surface area contributed by atoms with Gasteiger partial charge in [0.15, 0.2) is 5.96 Å². The summed E-state index contributed by atoms with van der Waals surface area (Å²) in [7, 11) is 0. The van der Waals surface area contributed by atoms with Crippen molar-refractivity contribution in [3.8, 4) is 11.8 Å². The quantitative estimate of drug-likeness (QED) is 0.302. The molecule has 1 heterocycles. The highest BCUT2D eigenvalue weighted by molar-refractivity contribution is 14.0. The second kappa shape index (κ2) is 13.2. The predicted octanol–water partition coefficient (Wildman–Crippen LogP) is 4.16. The fourth-order valence-electron chi connectivity index (χ4n) is 3.24. The van der Waals surface area contributed by atoms with Gasteiger partial charge in [-0.1, -0.05) is 24.3 Å². The summed E-state index contributed by atoms with van der Waals surface area (Å²) in [6.45, 7) is 8.36. The minimum Gasteiger partial charge on any atom is -0.493 e. The Bertz CT molecular complexity index is 887. The van der Waals surface area contributed by atoms with E-state index in [1.54, 1.807) is 0 Å². The van der Waals surface area contributed by atoms with Crippen molar-refractivity contribution < 1.29 is 9.47 Å². The molecule has 1 saturated heterocycles. The third kappa shape index (κ3) is 8.04. The standard InChI is InChI=1S/C24H30N4O2.HI/c1-3-26-24(27-14-20-7-5-19(13-25)6-8-20)28-15-22-9-4-18(2)12-23(22)30-17-21-10-11-29-16-21;/h4-9,12,21H,3,10-11,14-17H2,1-2H3,(H2,26,27,28);1H. The molecule has 0 aliphatic carbocycles. The van der Waals surface area contributed by atoms with Crippen LogP contribution in [0.2, 0.25) is 0 Å². The first-order valence-corrected chi connectivity index (χ1v) is 10.5. The second-order valence-corrected chi connectivity index (χ2v) is 7.51. The molecule has 2 aromatic carbocycles. The highest BCUT2D eigenvalue weighted by atomic mass is 127. The van der Waals surface area contributed by atoms with E-state index in [1.807, 2.05) is 31.2 Å². The van der Waals surface area contributed by atoms with Gasteiger partial charge < -0.3 is 20.1 Å². The number of nitriles is 1. The maximum Gasteiger partial charge on any atom is 0.191 e. The molecular weight excluding hydrogens is 503 g/mol. The number of nitrogens with one attached hydrogen (secondary N) is 2. The number of guanidine groups is 1. The van der Waals surface area contributed by atoms with Crippen molar-refractivity contribution in [3.63, 3.8) is 0 Å². The zero-order chi connectivity index (χ0) is 21.2. The van der Waals surface area contributed by atoms with E-state index in [2.05, 4.69) is 46.8 Å². The molecule has 7 heteroatoms. The summed E-state index contributed by atoms with van der Waals surface area (Å²) in [6.07, 6.45) is 1.06. The van der Waals surface area contributed by atoms with Crippen LogP contribution >= 0.6 is 24.0 Å². The van der Waals surface area contributed by atoms with Gasteiger partial charge in [-0.05, 0) is 49.6 Å². The van der Waals surface area contributed by atoms with Crippen molar-refractivity contribution in [3.05, 3.63) is 64.7 Å². The van der Waals surface area contributed by atoms with Crippen LogP contribution in [0.3, 0.4) is 0 Å². The molecule has 1 atom stereocenters. The number of halogens is 1. The lowest BCUT2D eigenvalue weighted by Crippen LogP contribution is -2.36. The molecule has 0 amide bonds. The van der Waals surface area contributed by atoms with E-state index in [0.717, 1.165) is 49.0 Å². The molecule has 1 aliphatic heterocycles. The summed E-state index contributed by atoms with van der Waals surface area (Å²) in [4.78, 5) is 4.66. The van der Waals surface area contributed by atoms with Crippen molar-refractivity contribution in [2.75, 3.05) is 26.4 Å². The van der Waals surface area contributed by atoms with E-state index in [9.17, 15) is 0 Å². The highest BCUT2D eigenvalue weighted by Crippen LogP contribution is 2.22. The van der Waals surface area contributed by atoms with Crippen LogP contribution in [0, 0.1) is 24.2 Å². The first-order valence-electron chi connectivity index (χ1n) is 10.5. The average molecular weight is 534 g/mol. The Morgan fingerprint density at radius 2 is 2.03 bits per heavy atom. The largest absolute Gasteiger partial charge is 0.493 e. The van der Waals surface area contributed by atoms with Crippen molar-refractivity contribution in [1.29, 1.82) is 5.26 Å². The van der Waals surface area contributed by atoms with Crippen molar-refractivity contribution >= 4 is 29.9 Å². The molecule has 0 saturated carbocycles. The molecule has 0 radical (unpaired) electrons. The van der Waals surface area contributed by atoms with Gasteiger partial charge in [-0.3, -0.25) is 0 Å². The SMILES string of the molecule is CCNC(=NCc1ccc(C#N)cc1)NCc1ccc(C)cc1OCC1CCOC1.I. The molecule has 1 unspecified atom stereocenters. The number of hydrogen-bond donors (Lipinski definition) is 2. The van der Waals surface area contributed by atoms with Gasteiger partial charge >= 0.3 is 0 Å². The minimum atomic E-state index is 0. The molecule has 2 aromatic rings. The molecule has 0 spiro atoms. The van der Waals surface area contributed by atoms with E-state index in [-0.39, 0.29) is 24.0 Å². The monoisotopic (exact) mass is 534 g/mol. The number of ether oxygens (including phenoxy) is 2. The van der Waals surface area contributed by atoms with Crippen LogP contribution in [0.15, 0.2) is 47.5 Å². The van der Waals surface area contributed by atoms with E-state index < -0.39 is 0 Å². The fourth-order valence-corrected chi connectivity index (χ4v) is 3.24. The lowest BCUT2D eigenvalue weighted by molar-refractivity contribution is 0.166. The Labute approximate surface area is 202 Å². The molecule has 166 valence electrons. The smallest absolute Gasteiger partial charge is 0.191 e. The Kier molecular flexibility index (Phi) is 10.6. The van der Waals surface area contributed by atoms with Gasteiger partial charge in [-0.25, -0.2) is 4.99 Å². The lowest BCUT2D eigenvalue weighted by Gasteiger charge is -2.17. The third-order valence-corrected chi connectivity index (χ3v) is 5.01. The van der Waals surface area contributed by atoms with E-state index in [1.165, 1.54) is 5.56 Å². The topological polar surface area (TPSA) is 78.7 Å². The van der Waals surface area contributed by atoms with E-state index >= 15 is 0 Å². The average Bonchev–Trinajstić information content (AvgIpc) is 3.29. The van der Waals surface area contributed by atoms with Crippen molar-refractivity contribution in [2.24, 2.45) is 10.9 Å². The van der Waals surface area contributed by atoms with E-state index in [0.29, 0.717) is 31.2 Å². The number of aryl methyl sites for hydroxylation is 1. The van der Waals surface area contributed by atoms with Gasteiger partial charge in [0.05, 0.1) is 31.4 Å². The first kappa shape index (κ1) is 25.0. The predicted molar refractivity (Wildman–Crippen MR) is 134 cm³/mol. The number of aliphatic imine (C=N–C) groups is 1. The molecule has 2 N–H and O–H groups in total. The third-order valence-electron chi connectivity index (χ3n) is 5.01. The Morgan fingerprint density at radius 3 is 2.71 bits per heavy atom. The van der Waals surface area contributed by atoms with Crippen LogP contribution < -0.4 is 15.4 Å². The summed E-state index contributed by atoms with van der Waals surface area (Å²) in [5, 5.41) is 15.6. The maximum absolute atomic E-state index is 8.92. The van der Waals surface area contributed by atoms with Crippen molar-refractivity contribution in [1.82, 2.24) is 10.6 Å². The van der Waals surface area contributed by atoms with Gasteiger partial charge in [0.1, 0.15) is 5.75 Å². The molecule has 0 bridgehead atoms. The zero-order valence-corrected chi connectivity index (χ0v) is 20.5. The second-order valence-electron chi connectivity index (χ2n) is 7.51. The zero-order valence-electron chi connectivity index (χ0n) is 18.2. The summed E-state index contributed by atoms with van der Waals surface area (Å²) >= 11 is 0. The van der Waals surface area contributed by atoms with Gasteiger partial charge in [0.25, 0.3) is 0 Å². The van der Waals surface area contributed by atoms with Crippen LogP contribution in [-0.2, 0) is 17.8 Å². The van der Waals surface area contributed by atoms with Crippen LogP contribution in [0.25, 0.3) is 0 Å². The van der Waals surface area contributed by atoms with Crippen LogP contribution in [0.4, 0.5) is 0 Å². The number of benzene rings is 2. The Morgan fingerprint density at radius 1 is 1.23 bits per heavy atom. The number of hydrogen-bond acceptors (Lipinski definition) is 4. The number of rotatable bonds is 8. The molecular formula is C24H31IN4O2. The molecule has 0 aromatic heterocycles. The fraction of sp³-hybridized carbons (Fsp3) is 0.417. The van der Waals surface area contributed by atoms with Crippen molar-refractivity contribution in [2.45, 2.75) is 33.4 Å². The van der Waals surface area contributed by atoms with E-state index in [4.69, 9.17) is 14.7 Å². The summed E-state index contributed by atoms with van der Waals surface area (Å²) in [5.74, 6) is 2.13. The molecule has 3 rings (SSSR count). The Hall–Kier alpha value is -2.31. The molecule has 1 aliphatic rings. The van der Waals surface area contributed by atoms with Crippen LogP contribution in [0.1, 0.15) is 35.6 Å². The lowest BCUT2D eigenvalue weighted by atomic mass is 10.1. The molecule has 1 fully saturated rings. The van der Waals surface area contributed by atoms with Gasteiger partial charge in [-0.15, -0.1) is 24.0 Å². The first-order chi connectivity index (χ1) is 14.7. The Balaban J connectivity index is 0.00000341. The van der Waals surface area contributed by atoms with Crippen LogP contribution in [-0.4, -0.2) is 32.3 Å². The summed E-state index contributed by atoms with van der Waals surface area (Å²) in [6, 6.07) is 15.9. The van der Waals surface area contributed by atoms with Gasteiger partial charge in [0, 0.05) is 31.2 Å². The summed E-state index contributed by atoms with van der Waals surface area (Å²) < 4.78 is 11.6. The molecule has 6 nitrogen and oxygen atoms in total. The van der Waals surface area contributed by atoms with Gasteiger partial charge in [-0.2, -0.15) is 5.26 Å². The summed E-state index contributed by atoms with van der Waals surface area (Å²) in [5.41, 5.74) is 3.99. The molecule has 31 heavy (non-hydrogen) atoms. The van der Waals surface area contributed by atoms with Crippen LogP contribution in [0.5, 0.6) is 5.75 Å². The number of nitrogens with zero attached hydrogens (tertiary/aromatic N) is 2. The minimum absolute atomic E-state index is 0.